The van der Waals surface area contributed by atoms with Gasteiger partial charge in [0.2, 0.25) is 0 Å². The first-order valence-electron chi connectivity index (χ1n) is 4.20. The van der Waals surface area contributed by atoms with Crippen LogP contribution in [0.25, 0.3) is 0 Å². The van der Waals surface area contributed by atoms with Crippen molar-refractivity contribution >= 4 is 0 Å². The van der Waals surface area contributed by atoms with Gasteiger partial charge in [-0.3, -0.25) is 4.90 Å². The van der Waals surface area contributed by atoms with Gasteiger partial charge in [-0.05, 0) is 13.3 Å². The molecule has 2 saturated heterocycles. The lowest BCUT2D eigenvalue weighted by Crippen LogP contribution is -2.35. The summed E-state index contributed by atoms with van der Waals surface area (Å²) in [7, 11) is 0. The quantitative estimate of drug-likeness (QED) is 0.482. The molecule has 1 nitrogen and oxygen atoms in total. The molecule has 2 fully saturated rings. The molecule has 0 radical (unpaired) electrons. The van der Waals surface area contributed by atoms with Crippen molar-refractivity contribution in [3.05, 3.63) is 12.2 Å². The van der Waals surface area contributed by atoms with Crippen molar-refractivity contribution in [1.29, 1.82) is 0 Å². The molecule has 2 heteroatoms. The molecule has 0 aliphatic carbocycles. The van der Waals surface area contributed by atoms with E-state index in [2.05, 4.69) is 18.4 Å². The Morgan fingerprint density at radius 1 is 1.73 bits per heavy atom. The number of fused-ring (bicyclic) bond motifs is 1. The van der Waals surface area contributed by atoms with Crippen LogP contribution in [-0.2, 0) is 0 Å². The Kier molecular flexibility index (Phi) is 1.37. The highest BCUT2D eigenvalue weighted by Crippen LogP contribution is 2.42. The van der Waals surface area contributed by atoms with E-state index in [1.54, 1.807) is 0 Å². The maximum Gasteiger partial charge on any atom is 0.115 e. The minimum atomic E-state index is -0.628. The normalized spacial score (nSPS) is 44.9. The van der Waals surface area contributed by atoms with E-state index in [-0.39, 0.29) is 5.54 Å². The summed E-state index contributed by atoms with van der Waals surface area (Å²) in [5.74, 6) is 0. The molecule has 0 spiro atoms. The van der Waals surface area contributed by atoms with Gasteiger partial charge in [-0.15, -0.1) is 0 Å². The first kappa shape index (κ1) is 7.29. The van der Waals surface area contributed by atoms with Crippen LogP contribution in [0.15, 0.2) is 12.2 Å². The van der Waals surface area contributed by atoms with Gasteiger partial charge in [-0.25, -0.2) is 4.39 Å². The van der Waals surface area contributed by atoms with Crippen LogP contribution in [0.3, 0.4) is 0 Å². The molecule has 0 N–H and O–H groups in total. The van der Waals surface area contributed by atoms with Crippen molar-refractivity contribution in [2.75, 3.05) is 13.1 Å². The van der Waals surface area contributed by atoms with Gasteiger partial charge < -0.3 is 0 Å². The Hall–Kier alpha value is -0.370. The van der Waals surface area contributed by atoms with Crippen LogP contribution in [-0.4, -0.2) is 29.7 Å². The Bertz CT molecular complexity index is 202. The summed E-state index contributed by atoms with van der Waals surface area (Å²) in [5.41, 5.74) is 1.22. The molecular formula is C9H14FN. The molecule has 0 aromatic carbocycles. The van der Waals surface area contributed by atoms with Gasteiger partial charge in [0.25, 0.3) is 0 Å². The van der Waals surface area contributed by atoms with E-state index in [0.29, 0.717) is 13.0 Å². The monoisotopic (exact) mass is 155 g/mol. The Labute approximate surface area is 66.9 Å². The zero-order chi connectivity index (χ0) is 8.06. The van der Waals surface area contributed by atoms with Crippen molar-refractivity contribution in [1.82, 2.24) is 4.90 Å². The smallest absolute Gasteiger partial charge is 0.115 e. The standard InChI is InChI=1S/C9H14FN/c1-7-3-4-11-6-8(10)5-9(7,11)2/h8H,1,3-6H2,2H3. The van der Waals surface area contributed by atoms with E-state index in [9.17, 15) is 4.39 Å². The number of hydrogen-bond donors (Lipinski definition) is 0. The lowest BCUT2D eigenvalue weighted by molar-refractivity contribution is 0.240. The second-order valence-corrected chi connectivity index (χ2v) is 3.87. The highest BCUT2D eigenvalue weighted by atomic mass is 19.1. The molecule has 2 unspecified atom stereocenters. The van der Waals surface area contributed by atoms with Crippen molar-refractivity contribution < 1.29 is 4.39 Å². The van der Waals surface area contributed by atoms with E-state index >= 15 is 0 Å². The number of hydrogen-bond acceptors (Lipinski definition) is 1. The SMILES string of the molecule is C=C1CCN2CC(F)CC12C. The molecule has 11 heavy (non-hydrogen) atoms. The fourth-order valence-corrected chi connectivity index (χ4v) is 2.31. The Balaban J connectivity index is 2.26. The summed E-state index contributed by atoms with van der Waals surface area (Å²) >= 11 is 0. The second kappa shape index (κ2) is 2.07. The van der Waals surface area contributed by atoms with E-state index < -0.39 is 6.17 Å². The van der Waals surface area contributed by atoms with Crippen molar-refractivity contribution in [3.8, 4) is 0 Å². The third-order valence-electron chi connectivity index (χ3n) is 3.18. The Morgan fingerprint density at radius 2 is 2.45 bits per heavy atom. The first-order valence-corrected chi connectivity index (χ1v) is 4.20. The van der Waals surface area contributed by atoms with Gasteiger partial charge >= 0.3 is 0 Å². The molecule has 0 bridgehead atoms. The van der Waals surface area contributed by atoms with Crippen molar-refractivity contribution in [2.24, 2.45) is 0 Å². The number of halogens is 1. The highest BCUT2D eigenvalue weighted by molar-refractivity contribution is 5.24. The van der Waals surface area contributed by atoms with E-state index in [1.165, 1.54) is 5.57 Å². The van der Waals surface area contributed by atoms with Crippen LogP contribution < -0.4 is 0 Å². The molecule has 2 rings (SSSR count). The summed E-state index contributed by atoms with van der Waals surface area (Å²) < 4.78 is 13.0. The molecule has 2 atom stereocenters. The fraction of sp³-hybridized carbons (Fsp3) is 0.778. The third kappa shape index (κ3) is 0.853. The molecule has 0 saturated carbocycles. The molecule has 2 aliphatic heterocycles. The van der Waals surface area contributed by atoms with Gasteiger partial charge in [-0.1, -0.05) is 12.2 Å². The van der Waals surface area contributed by atoms with E-state index in [4.69, 9.17) is 0 Å². The summed E-state index contributed by atoms with van der Waals surface area (Å²) in [6, 6.07) is 0. The van der Waals surface area contributed by atoms with Gasteiger partial charge in [0.15, 0.2) is 0 Å². The first-order chi connectivity index (χ1) is 5.13. The van der Waals surface area contributed by atoms with E-state index in [1.807, 2.05) is 0 Å². The molecule has 0 aromatic heterocycles. The molecule has 2 aliphatic rings. The van der Waals surface area contributed by atoms with Gasteiger partial charge in [-0.2, -0.15) is 0 Å². The minimum absolute atomic E-state index is 0.000579. The van der Waals surface area contributed by atoms with Crippen LogP contribution in [0.4, 0.5) is 4.39 Å². The lowest BCUT2D eigenvalue weighted by Gasteiger charge is -2.27. The van der Waals surface area contributed by atoms with Crippen LogP contribution in [0.2, 0.25) is 0 Å². The van der Waals surface area contributed by atoms with Crippen LogP contribution in [0.1, 0.15) is 19.8 Å². The average molecular weight is 155 g/mol. The second-order valence-electron chi connectivity index (χ2n) is 3.87. The van der Waals surface area contributed by atoms with Gasteiger partial charge in [0, 0.05) is 25.0 Å². The fourth-order valence-electron chi connectivity index (χ4n) is 2.31. The molecule has 0 aromatic rings. The number of alkyl halides is 1. The number of rotatable bonds is 0. The summed E-state index contributed by atoms with van der Waals surface area (Å²) in [5, 5.41) is 0. The Morgan fingerprint density at radius 3 is 3.09 bits per heavy atom. The number of nitrogens with zero attached hydrogens (tertiary/aromatic N) is 1. The highest BCUT2D eigenvalue weighted by Gasteiger charge is 2.47. The lowest BCUT2D eigenvalue weighted by atomic mass is 9.92. The molecule has 62 valence electrons. The summed E-state index contributed by atoms with van der Waals surface area (Å²) in [6.45, 7) is 7.74. The van der Waals surface area contributed by atoms with Crippen molar-refractivity contribution in [3.63, 3.8) is 0 Å². The van der Waals surface area contributed by atoms with E-state index in [0.717, 1.165) is 13.0 Å². The summed E-state index contributed by atoms with van der Waals surface area (Å²) in [4.78, 5) is 2.22. The minimum Gasteiger partial charge on any atom is -0.291 e. The predicted octanol–water partition coefficient (Wildman–Crippen LogP) is 1.75. The third-order valence-corrected chi connectivity index (χ3v) is 3.18. The van der Waals surface area contributed by atoms with Crippen molar-refractivity contribution in [2.45, 2.75) is 31.5 Å². The zero-order valence-electron chi connectivity index (χ0n) is 6.94. The molecule has 0 amide bonds. The van der Waals surface area contributed by atoms with Crippen LogP contribution in [0, 0.1) is 0 Å². The summed E-state index contributed by atoms with van der Waals surface area (Å²) in [6.07, 6.45) is 1.09. The average Bonchev–Trinajstić information content (AvgIpc) is 2.32. The largest absolute Gasteiger partial charge is 0.291 e. The topological polar surface area (TPSA) is 3.24 Å². The molecular weight excluding hydrogens is 141 g/mol. The maximum atomic E-state index is 13.0. The predicted molar refractivity (Wildman–Crippen MR) is 43.2 cm³/mol. The van der Waals surface area contributed by atoms with Crippen LogP contribution >= 0.6 is 0 Å². The van der Waals surface area contributed by atoms with Gasteiger partial charge in [0.05, 0.1) is 0 Å². The van der Waals surface area contributed by atoms with Crippen LogP contribution in [0.5, 0.6) is 0 Å². The molecule has 2 heterocycles. The zero-order valence-corrected chi connectivity index (χ0v) is 6.94. The maximum absolute atomic E-state index is 13.0. The van der Waals surface area contributed by atoms with Gasteiger partial charge in [0.1, 0.15) is 6.17 Å².